The maximum Gasteiger partial charge on any atom is 0.270 e. The number of nitro groups is 1. The number of amides is 2. The summed E-state index contributed by atoms with van der Waals surface area (Å²) in [5.74, 6) is -0.455. The molecule has 2 heterocycles. The summed E-state index contributed by atoms with van der Waals surface area (Å²) in [6.07, 6.45) is 1.93. The quantitative estimate of drug-likeness (QED) is 0.454. The van der Waals surface area contributed by atoms with Crippen LogP contribution in [0.25, 0.3) is 10.8 Å². The van der Waals surface area contributed by atoms with Crippen LogP contribution in [0.3, 0.4) is 0 Å². The number of carbonyl (C=O) groups excluding carboxylic acids is 2. The Balaban J connectivity index is 2.01. The highest BCUT2D eigenvalue weighted by Crippen LogP contribution is 2.33. The van der Waals surface area contributed by atoms with Crippen LogP contribution in [-0.2, 0) is 6.42 Å². The van der Waals surface area contributed by atoms with Gasteiger partial charge >= 0.3 is 0 Å². The molecule has 0 spiro atoms. The molecule has 2 amide bonds. The fourth-order valence-corrected chi connectivity index (χ4v) is 3.02. The highest BCUT2D eigenvalue weighted by atomic mass is 16.6. The van der Waals surface area contributed by atoms with E-state index in [1.54, 1.807) is 30.5 Å². The lowest BCUT2D eigenvalue weighted by Gasteiger charge is -2.19. The molecular weight excluding hydrogens is 312 g/mol. The first kappa shape index (κ1) is 14.1. The molecule has 1 N–H and O–H groups in total. The van der Waals surface area contributed by atoms with E-state index in [-0.39, 0.29) is 11.3 Å². The van der Waals surface area contributed by atoms with Gasteiger partial charge in [0.1, 0.15) is 5.76 Å². The van der Waals surface area contributed by atoms with Crippen LogP contribution in [0.2, 0.25) is 0 Å². The van der Waals surface area contributed by atoms with Crippen molar-refractivity contribution in [2.45, 2.75) is 6.42 Å². The first-order valence-electron chi connectivity index (χ1n) is 7.16. The van der Waals surface area contributed by atoms with E-state index in [9.17, 15) is 19.7 Å². The Labute approximate surface area is 135 Å². The smallest absolute Gasteiger partial charge is 0.270 e. The summed E-state index contributed by atoms with van der Waals surface area (Å²) in [5.41, 5.74) is 0.993. The van der Waals surface area contributed by atoms with Gasteiger partial charge in [-0.3, -0.25) is 25.0 Å². The van der Waals surface area contributed by atoms with Crippen LogP contribution in [0.15, 0.2) is 47.1 Å². The zero-order valence-corrected chi connectivity index (χ0v) is 12.2. The maximum atomic E-state index is 12.4. The summed E-state index contributed by atoms with van der Waals surface area (Å²) < 4.78 is 5.32. The van der Waals surface area contributed by atoms with Crippen molar-refractivity contribution in [3.05, 3.63) is 75.2 Å². The second-order valence-corrected chi connectivity index (χ2v) is 5.49. The van der Waals surface area contributed by atoms with E-state index in [1.807, 2.05) is 0 Å². The second kappa shape index (κ2) is 5.02. The zero-order valence-electron chi connectivity index (χ0n) is 12.2. The number of carbonyl (C=O) groups is 2. The van der Waals surface area contributed by atoms with Gasteiger partial charge in [-0.1, -0.05) is 12.1 Å². The highest BCUT2D eigenvalue weighted by molar-refractivity contribution is 6.26. The number of imide groups is 1. The van der Waals surface area contributed by atoms with E-state index in [1.165, 1.54) is 12.1 Å². The Kier molecular flexibility index (Phi) is 2.96. The van der Waals surface area contributed by atoms with Gasteiger partial charge in [0.2, 0.25) is 0 Å². The van der Waals surface area contributed by atoms with Crippen molar-refractivity contribution in [3.63, 3.8) is 0 Å². The zero-order chi connectivity index (χ0) is 16.8. The van der Waals surface area contributed by atoms with Crippen LogP contribution in [0.5, 0.6) is 0 Å². The minimum absolute atomic E-state index is 0.134. The number of furan rings is 1. The van der Waals surface area contributed by atoms with E-state index in [4.69, 9.17) is 4.42 Å². The van der Waals surface area contributed by atoms with E-state index < -0.39 is 16.7 Å². The molecule has 3 aromatic rings. The fourth-order valence-electron chi connectivity index (χ4n) is 3.02. The van der Waals surface area contributed by atoms with Crippen molar-refractivity contribution in [3.8, 4) is 0 Å². The third kappa shape index (κ3) is 2.06. The maximum absolute atomic E-state index is 12.4. The molecule has 0 unspecified atom stereocenters. The predicted molar refractivity (Wildman–Crippen MR) is 83.9 cm³/mol. The van der Waals surface area contributed by atoms with Crippen molar-refractivity contribution >= 4 is 28.3 Å². The van der Waals surface area contributed by atoms with E-state index >= 15 is 0 Å². The van der Waals surface area contributed by atoms with Gasteiger partial charge in [-0.15, -0.1) is 0 Å². The van der Waals surface area contributed by atoms with Gasteiger partial charge in [0.15, 0.2) is 0 Å². The fraction of sp³-hybridized carbons (Fsp3) is 0.0588. The standard InChI is InChI=1S/C17H10N2O5/c20-16-13-8-11(19(22)23)6-9-3-4-10(7-12-2-1-5-24-12)15(14(9)13)17(21)18-16/h1-6,8H,7H2,(H,18,20,21). The molecule has 118 valence electrons. The summed E-state index contributed by atoms with van der Waals surface area (Å²) in [6.45, 7) is 0. The molecule has 4 rings (SSSR count). The van der Waals surface area contributed by atoms with Gasteiger partial charge in [0.05, 0.1) is 22.3 Å². The topological polar surface area (TPSA) is 102 Å². The Morgan fingerprint density at radius 1 is 1.12 bits per heavy atom. The van der Waals surface area contributed by atoms with E-state index in [0.717, 1.165) is 0 Å². The molecule has 0 saturated carbocycles. The van der Waals surface area contributed by atoms with E-state index in [0.29, 0.717) is 34.1 Å². The molecule has 0 aliphatic carbocycles. The van der Waals surface area contributed by atoms with Crippen molar-refractivity contribution in [2.24, 2.45) is 0 Å². The first-order chi connectivity index (χ1) is 11.5. The third-order valence-corrected chi connectivity index (χ3v) is 4.04. The number of rotatable bonds is 3. The lowest BCUT2D eigenvalue weighted by molar-refractivity contribution is -0.384. The van der Waals surface area contributed by atoms with Gasteiger partial charge in [-0.25, -0.2) is 0 Å². The van der Waals surface area contributed by atoms with Gasteiger partial charge in [0, 0.05) is 23.9 Å². The van der Waals surface area contributed by atoms with Crippen LogP contribution in [0.4, 0.5) is 5.69 Å². The Bertz CT molecular complexity index is 1020. The SMILES string of the molecule is O=C1NC(=O)c2c(Cc3ccco3)ccc3cc([N+](=O)[O-])cc1c23. The third-order valence-electron chi connectivity index (χ3n) is 4.04. The van der Waals surface area contributed by atoms with Crippen molar-refractivity contribution < 1.29 is 18.9 Å². The number of non-ortho nitro benzene ring substituents is 1. The number of nitrogens with zero attached hydrogens (tertiary/aromatic N) is 1. The average molecular weight is 322 g/mol. The molecule has 0 atom stereocenters. The predicted octanol–water partition coefficient (Wildman–Crippen LogP) is 2.82. The van der Waals surface area contributed by atoms with Gasteiger partial charge in [-0.05, 0) is 23.1 Å². The molecular formula is C17H10N2O5. The molecule has 2 aromatic carbocycles. The molecule has 7 nitrogen and oxygen atoms in total. The molecule has 7 heteroatoms. The number of nitro benzene ring substituents is 1. The van der Waals surface area contributed by atoms with Crippen LogP contribution >= 0.6 is 0 Å². The minimum Gasteiger partial charge on any atom is -0.469 e. The molecule has 1 aliphatic heterocycles. The molecule has 0 saturated heterocycles. The van der Waals surface area contributed by atoms with Gasteiger partial charge < -0.3 is 4.42 Å². The average Bonchev–Trinajstić information content (AvgIpc) is 3.05. The Hall–Kier alpha value is -3.48. The molecule has 0 fully saturated rings. The molecule has 0 radical (unpaired) electrons. The van der Waals surface area contributed by atoms with Crippen LogP contribution in [0.1, 0.15) is 32.0 Å². The monoisotopic (exact) mass is 322 g/mol. The summed E-state index contributed by atoms with van der Waals surface area (Å²) >= 11 is 0. The number of hydrogen-bond donors (Lipinski definition) is 1. The molecule has 0 bridgehead atoms. The van der Waals surface area contributed by atoms with Crippen LogP contribution in [-0.4, -0.2) is 16.7 Å². The largest absolute Gasteiger partial charge is 0.469 e. The molecule has 24 heavy (non-hydrogen) atoms. The van der Waals surface area contributed by atoms with Crippen molar-refractivity contribution in [1.29, 1.82) is 0 Å². The Morgan fingerprint density at radius 2 is 1.96 bits per heavy atom. The van der Waals surface area contributed by atoms with Crippen LogP contribution in [0, 0.1) is 10.1 Å². The van der Waals surface area contributed by atoms with Crippen LogP contribution < -0.4 is 5.32 Å². The summed E-state index contributed by atoms with van der Waals surface area (Å²) in [4.78, 5) is 35.0. The Morgan fingerprint density at radius 3 is 2.67 bits per heavy atom. The van der Waals surface area contributed by atoms with Crippen molar-refractivity contribution in [2.75, 3.05) is 0 Å². The second-order valence-electron chi connectivity index (χ2n) is 5.49. The first-order valence-corrected chi connectivity index (χ1v) is 7.16. The summed E-state index contributed by atoms with van der Waals surface area (Å²) in [7, 11) is 0. The minimum atomic E-state index is -0.628. The number of nitrogens with one attached hydrogen (secondary N) is 1. The highest BCUT2D eigenvalue weighted by Gasteiger charge is 2.29. The normalized spacial score (nSPS) is 13.2. The van der Waals surface area contributed by atoms with E-state index in [2.05, 4.69) is 5.32 Å². The lowest BCUT2D eigenvalue weighted by atomic mass is 9.89. The number of hydrogen-bond acceptors (Lipinski definition) is 5. The van der Waals surface area contributed by atoms with Gasteiger partial charge in [0.25, 0.3) is 17.5 Å². The summed E-state index contributed by atoms with van der Waals surface area (Å²) in [5, 5.41) is 14.2. The molecule has 1 aromatic heterocycles. The number of benzene rings is 2. The molecule has 1 aliphatic rings. The van der Waals surface area contributed by atoms with Crippen molar-refractivity contribution in [1.82, 2.24) is 5.32 Å². The van der Waals surface area contributed by atoms with Gasteiger partial charge in [-0.2, -0.15) is 0 Å². The lowest BCUT2D eigenvalue weighted by Crippen LogP contribution is -2.35. The summed E-state index contributed by atoms with van der Waals surface area (Å²) in [6, 6.07) is 9.51.